The first-order valence-corrected chi connectivity index (χ1v) is 11.3. The Kier molecular flexibility index (Phi) is 5.39. The van der Waals surface area contributed by atoms with Gasteiger partial charge in [0.2, 0.25) is 0 Å². The maximum atomic E-state index is 13.5. The molecule has 1 atom stereocenters. The van der Waals surface area contributed by atoms with Crippen LogP contribution < -0.4 is 10.6 Å². The predicted octanol–water partition coefficient (Wildman–Crippen LogP) is 5.16. The molecule has 164 valence electrons. The maximum Gasteiger partial charge on any atom is 0.293 e. The van der Waals surface area contributed by atoms with Gasteiger partial charge in [-0.1, -0.05) is 32.9 Å². The SMILES string of the molecule is CCc1ccc(C2C(C#N)=C(N)N(c3ccccc3[N+](=O)[O-])C3=C2C(=O)CC(C)(C)C3)s1. The summed E-state index contributed by atoms with van der Waals surface area (Å²) in [5, 5.41) is 21.9. The Bertz CT molecular complexity index is 1230. The van der Waals surface area contributed by atoms with Gasteiger partial charge in [-0.3, -0.25) is 19.8 Å². The highest BCUT2D eigenvalue weighted by Crippen LogP contribution is 2.52. The van der Waals surface area contributed by atoms with Crippen LogP contribution in [0.5, 0.6) is 0 Å². The van der Waals surface area contributed by atoms with Gasteiger partial charge in [-0.2, -0.15) is 5.26 Å². The summed E-state index contributed by atoms with van der Waals surface area (Å²) in [5.74, 6) is -0.457. The van der Waals surface area contributed by atoms with Crippen LogP contribution in [0, 0.1) is 26.9 Å². The van der Waals surface area contributed by atoms with Crippen molar-refractivity contribution in [2.75, 3.05) is 4.90 Å². The number of allylic oxidation sites excluding steroid dienone is 3. The van der Waals surface area contributed by atoms with Crippen LogP contribution in [0.15, 0.2) is 59.1 Å². The van der Waals surface area contributed by atoms with Crippen molar-refractivity contribution >= 4 is 28.5 Å². The molecule has 4 rings (SSSR count). The summed E-state index contributed by atoms with van der Waals surface area (Å²) >= 11 is 1.57. The second-order valence-electron chi connectivity index (χ2n) is 8.88. The van der Waals surface area contributed by atoms with Crippen molar-refractivity contribution in [2.45, 2.75) is 46.0 Å². The number of hydrogen-bond donors (Lipinski definition) is 1. The second-order valence-corrected chi connectivity index (χ2v) is 10.1. The standard InChI is InChI=1S/C24H24N4O3S/c1-4-14-9-10-20(32-14)21-15(13-25)23(26)27(16-7-5-6-8-17(16)28(30)31)18-11-24(2,3)12-19(29)22(18)21/h5-10,21H,4,11-12,26H2,1-3H3. The lowest BCUT2D eigenvalue weighted by Crippen LogP contribution is -2.42. The van der Waals surface area contributed by atoms with Crippen molar-refractivity contribution in [3.8, 4) is 6.07 Å². The van der Waals surface area contributed by atoms with Gasteiger partial charge in [0, 0.05) is 33.5 Å². The number of nitro benzene ring substituents is 1. The number of nitro groups is 1. The van der Waals surface area contributed by atoms with Crippen LogP contribution in [0.2, 0.25) is 0 Å². The Labute approximate surface area is 190 Å². The number of carbonyl (C=O) groups is 1. The van der Waals surface area contributed by atoms with E-state index in [0.29, 0.717) is 24.1 Å². The average Bonchev–Trinajstić information content (AvgIpc) is 3.21. The smallest absolute Gasteiger partial charge is 0.293 e. The molecule has 0 spiro atoms. The van der Waals surface area contributed by atoms with Gasteiger partial charge in [0.15, 0.2) is 5.78 Å². The van der Waals surface area contributed by atoms with E-state index in [0.717, 1.165) is 16.2 Å². The zero-order chi connectivity index (χ0) is 23.2. The Hall–Kier alpha value is -3.44. The van der Waals surface area contributed by atoms with Crippen molar-refractivity contribution in [1.29, 1.82) is 5.26 Å². The van der Waals surface area contributed by atoms with E-state index in [4.69, 9.17) is 5.73 Å². The number of nitrogens with zero attached hydrogens (tertiary/aromatic N) is 3. The van der Waals surface area contributed by atoms with Gasteiger partial charge in [-0.15, -0.1) is 11.3 Å². The number of nitriles is 1. The Morgan fingerprint density at radius 2 is 2.00 bits per heavy atom. The highest BCUT2D eigenvalue weighted by atomic mass is 32.1. The molecule has 32 heavy (non-hydrogen) atoms. The number of carbonyl (C=O) groups excluding carboxylic acids is 1. The van der Waals surface area contributed by atoms with Crippen molar-refractivity contribution in [3.05, 3.63) is 78.9 Å². The highest BCUT2D eigenvalue weighted by Gasteiger charge is 2.46. The van der Waals surface area contributed by atoms with Gasteiger partial charge in [0.1, 0.15) is 11.5 Å². The summed E-state index contributed by atoms with van der Waals surface area (Å²) in [7, 11) is 0. The molecule has 7 nitrogen and oxygen atoms in total. The van der Waals surface area contributed by atoms with Crippen LogP contribution in [0.4, 0.5) is 11.4 Å². The fourth-order valence-corrected chi connectivity index (χ4v) is 5.69. The summed E-state index contributed by atoms with van der Waals surface area (Å²) in [6.45, 7) is 6.06. The molecule has 0 bridgehead atoms. The molecule has 0 saturated heterocycles. The van der Waals surface area contributed by atoms with E-state index in [9.17, 15) is 20.2 Å². The highest BCUT2D eigenvalue weighted by molar-refractivity contribution is 7.12. The van der Waals surface area contributed by atoms with Crippen LogP contribution in [0.25, 0.3) is 0 Å². The summed E-state index contributed by atoms with van der Waals surface area (Å²) in [4.78, 5) is 28.4. The molecule has 0 amide bonds. The number of nitrogens with two attached hydrogens (primary N) is 1. The van der Waals surface area contributed by atoms with E-state index in [1.165, 1.54) is 6.07 Å². The van der Waals surface area contributed by atoms with Gasteiger partial charge in [0.05, 0.1) is 22.5 Å². The minimum Gasteiger partial charge on any atom is -0.384 e. The molecule has 2 N–H and O–H groups in total. The first-order valence-electron chi connectivity index (χ1n) is 10.5. The molecule has 2 aliphatic rings. The fraction of sp³-hybridized carbons (Fsp3) is 0.333. The first-order chi connectivity index (χ1) is 15.2. The minimum atomic E-state index is -0.553. The molecule has 1 unspecified atom stereocenters. The minimum absolute atomic E-state index is 0.0449. The molecule has 1 aromatic heterocycles. The average molecular weight is 449 g/mol. The van der Waals surface area contributed by atoms with Gasteiger partial charge >= 0.3 is 0 Å². The molecule has 1 aliphatic carbocycles. The number of rotatable bonds is 4. The lowest BCUT2D eigenvalue weighted by Gasteiger charge is -2.43. The molecule has 2 heterocycles. The monoisotopic (exact) mass is 448 g/mol. The molecule has 0 radical (unpaired) electrons. The molecule has 1 aliphatic heterocycles. The number of Topliss-reactive ketones (excluding diaryl/α,β-unsaturated/α-hetero) is 1. The second kappa shape index (κ2) is 7.92. The quantitative estimate of drug-likeness (QED) is 0.510. The van der Waals surface area contributed by atoms with Crippen LogP contribution in [-0.2, 0) is 11.2 Å². The zero-order valence-corrected chi connectivity index (χ0v) is 19.0. The lowest BCUT2D eigenvalue weighted by atomic mass is 9.69. The third kappa shape index (κ3) is 3.49. The molecular formula is C24H24N4O3S. The van der Waals surface area contributed by atoms with Gasteiger partial charge in [-0.25, -0.2) is 0 Å². The summed E-state index contributed by atoms with van der Waals surface area (Å²) < 4.78 is 0. The number of aryl methyl sites for hydroxylation is 1. The molecule has 2 aromatic rings. The predicted molar refractivity (Wildman–Crippen MR) is 124 cm³/mol. The largest absolute Gasteiger partial charge is 0.384 e. The lowest BCUT2D eigenvalue weighted by molar-refractivity contribution is -0.384. The summed E-state index contributed by atoms with van der Waals surface area (Å²) in [6, 6.07) is 12.5. The topological polar surface area (TPSA) is 113 Å². The Morgan fingerprint density at radius 3 is 2.62 bits per heavy atom. The number of thiophene rings is 1. The number of anilines is 1. The number of ketones is 1. The van der Waals surface area contributed by atoms with E-state index in [1.807, 2.05) is 26.0 Å². The number of benzene rings is 1. The summed E-state index contributed by atoms with van der Waals surface area (Å²) in [6.07, 6.45) is 1.72. The normalized spacial score (nSPS) is 20.2. The van der Waals surface area contributed by atoms with E-state index >= 15 is 0 Å². The number of para-hydroxylation sites is 2. The van der Waals surface area contributed by atoms with E-state index < -0.39 is 10.8 Å². The van der Waals surface area contributed by atoms with Gasteiger partial charge in [-0.05, 0) is 36.5 Å². The third-order valence-electron chi connectivity index (χ3n) is 6.02. The van der Waals surface area contributed by atoms with Crippen molar-refractivity contribution in [1.82, 2.24) is 0 Å². The Morgan fingerprint density at radius 1 is 1.28 bits per heavy atom. The van der Waals surface area contributed by atoms with Crippen molar-refractivity contribution < 1.29 is 9.72 Å². The van der Waals surface area contributed by atoms with E-state index in [1.54, 1.807) is 34.4 Å². The fourth-order valence-electron chi connectivity index (χ4n) is 4.62. The van der Waals surface area contributed by atoms with Crippen molar-refractivity contribution in [3.63, 3.8) is 0 Å². The summed E-state index contributed by atoms with van der Waals surface area (Å²) in [5.41, 5.74) is 7.78. The molecule has 1 aromatic carbocycles. The van der Waals surface area contributed by atoms with Crippen molar-refractivity contribution in [2.24, 2.45) is 11.1 Å². The maximum absolute atomic E-state index is 13.5. The van der Waals surface area contributed by atoms with Crippen LogP contribution in [0.1, 0.15) is 49.3 Å². The van der Waals surface area contributed by atoms with Gasteiger partial charge < -0.3 is 5.73 Å². The zero-order valence-electron chi connectivity index (χ0n) is 18.2. The first kappa shape index (κ1) is 21.8. The van der Waals surface area contributed by atoms with Crippen LogP contribution in [0.3, 0.4) is 0 Å². The van der Waals surface area contributed by atoms with Crippen LogP contribution in [-0.4, -0.2) is 10.7 Å². The molecule has 0 saturated carbocycles. The molecule has 0 fully saturated rings. The van der Waals surface area contributed by atoms with E-state index in [-0.39, 0.29) is 34.0 Å². The third-order valence-corrected chi connectivity index (χ3v) is 7.31. The van der Waals surface area contributed by atoms with Crippen LogP contribution >= 0.6 is 11.3 Å². The molecule has 8 heteroatoms. The van der Waals surface area contributed by atoms with E-state index in [2.05, 4.69) is 13.0 Å². The number of hydrogen-bond acceptors (Lipinski definition) is 7. The van der Waals surface area contributed by atoms with Gasteiger partial charge in [0.25, 0.3) is 5.69 Å². The Balaban J connectivity index is 2.02. The molecular weight excluding hydrogens is 424 g/mol.